The maximum Gasteiger partial charge on any atom is 0.0650 e. The van der Waals surface area contributed by atoms with Crippen molar-refractivity contribution in [2.75, 3.05) is 5.32 Å². The van der Waals surface area contributed by atoms with E-state index in [0.29, 0.717) is 6.04 Å². The van der Waals surface area contributed by atoms with Crippen LogP contribution in [0.3, 0.4) is 0 Å². The van der Waals surface area contributed by atoms with Crippen LogP contribution >= 0.6 is 11.3 Å². The zero-order chi connectivity index (χ0) is 13.9. The fourth-order valence-electron chi connectivity index (χ4n) is 2.17. The van der Waals surface area contributed by atoms with Crippen molar-refractivity contribution in [2.24, 2.45) is 0 Å². The van der Waals surface area contributed by atoms with Gasteiger partial charge in [-0.2, -0.15) is 5.10 Å². The van der Waals surface area contributed by atoms with Crippen molar-refractivity contribution in [1.29, 1.82) is 0 Å². The first-order chi connectivity index (χ1) is 9.72. The molecule has 0 amide bonds. The molecule has 3 aromatic rings. The summed E-state index contributed by atoms with van der Waals surface area (Å²) in [5.41, 5.74) is 3.32. The number of aromatic amines is 1. The third-order valence-corrected chi connectivity index (χ3v) is 4.45. The standard InChI is InChI=1S/C16H17N3S/c1-11-3-8-16(20-11)12(2)18-14-6-4-13(5-7-14)15-9-10-17-19-15/h3-10,12,18H,1-2H3,(H,17,19). The summed E-state index contributed by atoms with van der Waals surface area (Å²) in [5, 5.41) is 10.5. The largest absolute Gasteiger partial charge is 0.378 e. The number of H-pyrrole nitrogens is 1. The summed E-state index contributed by atoms with van der Waals surface area (Å²) in [7, 11) is 0. The molecule has 20 heavy (non-hydrogen) atoms. The van der Waals surface area contributed by atoms with E-state index in [1.54, 1.807) is 6.20 Å². The highest BCUT2D eigenvalue weighted by molar-refractivity contribution is 7.12. The fourth-order valence-corrected chi connectivity index (χ4v) is 3.05. The Morgan fingerprint density at radius 3 is 2.50 bits per heavy atom. The molecule has 0 aliphatic carbocycles. The van der Waals surface area contributed by atoms with Gasteiger partial charge < -0.3 is 5.32 Å². The lowest BCUT2D eigenvalue weighted by Gasteiger charge is -2.14. The molecule has 4 heteroatoms. The maximum absolute atomic E-state index is 3.97. The summed E-state index contributed by atoms with van der Waals surface area (Å²) in [6.45, 7) is 4.33. The molecule has 0 aliphatic rings. The summed E-state index contributed by atoms with van der Waals surface area (Å²) in [4.78, 5) is 2.71. The Labute approximate surface area is 122 Å². The van der Waals surface area contributed by atoms with Crippen LogP contribution in [0.25, 0.3) is 11.3 Å². The molecule has 0 saturated carbocycles. The Balaban J connectivity index is 1.72. The predicted molar refractivity (Wildman–Crippen MR) is 85.1 cm³/mol. The van der Waals surface area contributed by atoms with E-state index < -0.39 is 0 Å². The van der Waals surface area contributed by atoms with Crippen LogP contribution in [0.5, 0.6) is 0 Å². The van der Waals surface area contributed by atoms with Gasteiger partial charge >= 0.3 is 0 Å². The molecular weight excluding hydrogens is 266 g/mol. The van der Waals surface area contributed by atoms with Crippen LogP contribution in [0.1, 0.15) is 22.7 Å². The molecule has 0 bridgehead atoms. The van der Waals surface area contributed by atoms with Crippen molar-refractivity contribution in [3.8, 4) is 11.3 Å². The Bertz CT molecular complexity index is 668. The van der Waals surface area contributed by atoms with Gasteiger partial charge in [0, 0.05) is 21.6 Å². The third-order valence-electron chi connectivity index (χ3n) is 3.27. The highest BCUT2D eigenvalue weighted by Crippen LogP contribution is 2.26. The number of thiophene rings is 1. The molecule has 1 unspecified atom stereocenters. The minimum atomic E-state index is 0.326. The molecule has 102 valence electrons. The maximum atomic E-state index is 3.97. The van der Waals surface area contributed by atoms with Crippen molar-refractivity contribution in [3.05, 3.63) is 58.4 Å². The highest BCUT2D eigenvalue weighted by atomic mass is 32.1. The second kappa shape index (κ2) is 5.51. The number of hydrogen-bond donors (Lipinski definition) is 2. The Kier molecular flexibility index (Phi) is 3.56. The Hall–Kier alpha value is -2.07. The van der Waals surface area contributed by atoms with E-state index in [1.807, 2.05) is 17.4 Å². The predicted octanol–water partition coefficient (Wildman–Crippen LogP) is 4.62. The smallest absolute Gasteiger partial charge is 0.0650 e. The van der Waals surface area contributed by atoms with Gasteiger partial charge in [0.25, 0.3) is 0 Å². The first-order valence-corrected chi connectivity index (χ1v) is 7.47. The number of aryl methyl sites for hydroxylation is 1. The molecule has 1 atom stereocenters. The van der Waals surface area contributed by atoms with E-state index in [2.05, 4.69) is 65.8 Å². The minimum Gasteiger partial charge on any atom is -0.378 e. The molecule has 3 nitrogen and oxygen atoms in total. The van der Waals surface area contributed by atoms with Crippen LogP contribution in [0, 0.1) is 6.92 Å². The summed E-state index contributed by atoms with van der Waals surface area (Å²) >= 11 is 1.84. The monoisotopic (exact) mass is 283 g/mol. The SMILES string of the molecule is Cc1ccc(C(C)Nc2ccc(-c3ccn[nH]3)cc2)s1. The zero-order valence-electron chi connectivity index (χ0n) is 11.6. The highest BCUT2D eigenvalue weighted by Gasteiger charge is 2.07. The molecule has 0 spiro atoms. The average Bonchev–Trinajstić information content (AvgIpc) is 3.10. The summed E-state index contributed by atoms with van der Waals surface area (Å²) in [6, 6.07) is 15.1. The number of hydrogen-bond acceptors (Lipinski definition) is 3. The van der Waals surface area contributed by atoms with Crippen LogP contribution in [0.4, 0.5) is 5.69 Å². The van der Waals surface area contributed by atoms with E-state index in [9.17, 15) is 0 Å². The van der Waals surface area contributed by atoms with Crippen molar-refractivity contribution in [1.82, 2.24) is 10.2 Å². The number of nitrogens with one attached hydrogen (secondary N) is 2. The molecule has 3 rings (SSSR count). The van der Waals surface area contributed by atoms with Gasteiger partial charge in [-0.25, -0.2) is 0 Å². The third kappa shape index (κ3) is 2.75. The first kappa shape index (κ1) is 12.9. The molecule has 2 aromatic heterocycles. The van der Waals surface area contributed by atoms with Gasteiger partial charge in [-0.1, -0.05) is 12.1 Å². The van der Waals surface area contributed by atoms with Gasteiger partial charge in [0.15, 0.2) is 0 Å². The van der Waals surface area contributed by atoms with Crippen LogP contribution in [-0.4, -0.2) is 10.2 Å². The van der Waals surface area contributed by atoms with Gasteiger partial charge in [-0.15, -0.1) is 11.3 Å². The second-order valence-electron chi connectivity index (χ2n) is 4.86. The van der Waals surface area contributed by atoms with E-state index in [0.717, 1.165) is 16.9 Å². The first-order valence-electron chi connectivity index (χ1n) is 6.65. The van der Waals surface area contributed by atoms with Gasteiger partial charge in [0.05, 0.1) is 11.7 Å². The van der Waals surface area contributed by atoms with Crippen molar-refractivity contribution >= 4 is 17.0 Å². The van der Waals surface area contributed by atoms with Gasteiger partial charge in [0.1, 0.15) is 0 Å². The summed E-state index contributed by atoms with van der Waals surface area (Å²) < 4.78 is 0. The summed E-state index contributed by atoms with van der Waals surface area (Å²) in [6.07, 6.45) is 1.77. The van der Waals surface area contributed by atoms with Gasteiger partial charge in [-0.05, 0) is 49.7 Å². The number of rotatable bonds is 4. The van der Waals surface area contributed by atoms with Crippen LogP contribution in [-0.2, 0) is 0 Å². The quantitative estimate of drug-likeness (QED) is 0.733. The molecule has 0 saturated heterocycles. The number of anilines is 1. The number of aromatic nitrogens is 2. The van der Waals surface area contributed by atoms with Gasteiger partial charge in [0.2, 0.25) is 0 Å². The second-order valence-corrected chi connectivity index (χ2v) is 6.18. The van der Waals surface area contributed by atoms with E-state index in [-0.39, 0.29) is 0 Å². The average molecular weight is 283 g/mol. The summed E-state index contributed by atoms with van der Waals surface area (Å²) in [5.74, 6) is 0. The van der Waals surface area contributed by atoms with Crippen LogP contribution < -0.4 is 5.32 Å². The van der Waals surface area contributed by atoms with Crippen molar-refractivity contribution < 1.29 is 0 Å². The fraction of sp³-hybridized carbons (Fsp3) is 0.188. The molecule has 2 heterocycles. The topological polar surface area (TPSA) is 40.7 Å². The van der Waals surface area contributed by atoms with E-state index >= 15 is 0 Å². The number of benzene rings is 1. The lowest BCUT2D eigenvalue weighted by Crippen LogP contribution is -2.04. The van der Waals surface area contributed by atoms with Crippen LogP contribution in [0.2, 0.25) is 0 Å². The normalized spacial score (nSPS) is 12.3. The van der Waals surface area contributed by atoms with Gasteiger partial charge in [-0.3, -0.25) is 5.10 Å². The molecule has 1 aromatic carbocycles. The Morgan fingerprint density at radius 2 is 1.90 bits per heavy atom. The Morgan fingerprint density at radius 1 is 1.10 bits per heavy atom. The van der Waals surface area contributed by atoms with Crippen molar-refractivity contribution in [3.63, 3.8) is 0 Å². The zero-order valence-corrected chi connectivity index (χ0v) is 12.4. The molecule has 0 aliphatic heterocycles. The lowest BCUT2D eigenvalue weighted by molar-refractivity contribution is 0.908. The lowest BCUT2D eigenvalue weighted by atomic mass is 10.1. The van der Waals surface area contributed by atoms with Crippen molar-refractivity contribution in [2.45, 2.75) is 19.9 Å². The van der Waals surface area contributed by atoms with E-state index in [4.69, 9.17) is 0 Å². The van der Waals surface area contributed by atoms with Crippen LogP contribution in [0.15, 0.2) is 48.7 Å². The molecule has 0 fully saturated rings. The molecular formula is C16H17N3S. The molecule has 0 radical (unpaired) electrons. The number of nitrogens with zero attached hydrogens (tertiary/aromatic N) is 1. The van der Waals surface area contributed by atoms with E-state index in [1.165, 1.54) is 9.75 Å². The minimum absolute atomic E-state index is 0.326. The molecule has 2 N–H and O–H groups in total.